The average Bonchev–Trinajstić information content (AvgIpc) is 2.12. The smallest absolute Gasteiger partial charge is 0.161 e. The van der Waals surface area contributed by atoms with Crippen LogP contribution in [0, 0.1) is 18.6 Å². The molecule has 2 nitrogen and oxygen atoms in total. The molecule has 0 bridgehead atoms. The van der Waals surface area contributed by atoms with Gasteiger partial charge >= 0.3 is 0 Å². The highest BCUT2D eigenvalue weighted by molar-refractivity contribution is 5.27. The molecule has 0 heterocycles. The second-order valence-electron chi connectivity index (χ2n) is 2.89. The number of aliphatic hydroxyl groups is 1. The maximum absolute atomic E-state index is 12.8. The molecule has 0 aromatic heterocycles. The van der Waals surface area contributed by atoms with Crippen LogP contribution in [0.4, 0.5) is 8.78 Å². The lowest BCUT2D eigenvalue weighted by atomic mass is 10.1. The zero-order valence-electron chi connectivity index (χ0n) is 7.22. The van der Waals surface area contributed by atoms with Crippen molar-refractivity contribution < 1.29 is 13.9 Å². The lowest BCUT2D eigenvalue weighted by molar-refractivity contribution is 0.186. The minimum Gasteiger partial charge on any atom is -0.387 e. The Morgan fingerprint density at radius 2 is 2.08 bits per heavy atom. The first-order chi connectivity index (χ1) is 6.06. The molecule has 72 valence electrons. The molecule has 13 heavy (non-hydrogen) atoms. The van der Waals surface area contributed by atoms with Gasteiger partial charge in [0.2, 0.25) is 0 Å². The molecule has 1 unspecified atom stereocenters. The standard InChI is InChI=1S/C9H11F2NO/c1-5-2-6(8(13)4-12)3-7(10)9(5)11/h2-3,8,13H,4,12H2,1H3. The molecule has 1 rings (SSSR count). The van der Waals surface area contributed by atoms with E-state index in [4.69, 9.17) is 5.73 Å². The number of hydrogen-bond donors (Lipinski definition) is 2. The molecule has 0 fully saturated rings. The Balaban J connectivity index is 3.13. The zero-order valence-corrected chi connectivity index (χ0v) is 7.22. The van der Waals surface area contributed by atoms with Crippen LogP contribution in [0.25, 0.3) is 0 Å². The Hall–Kier alpha value is -1.00. The predicted molar refractivity (Wildman–Crippen MR) is 45.1 cm³/mol. The van der Waals surface area contributed by atoms with E-state index in [0.717, 1.165) is 6.07 Å². The Labute approximate surface area is 75.0 Å². The van der Waals surface area contributed by atoms with Gasteiger partial charge < -0.3 is 10.8 Å². The van der Waals surface area contributed by atoms with Gasteiger partial charge in [0.05, 0.1) is 6.10 Å². The zero-order chi connectivity index (χ0) is 10.0. The Bertz CT molecular complexity index is 291. The van der Waals surface area contributed by atoms with Gasteiger partial charge in [0, 0.05) is 6.54 Å². The van der Waals surface area contributed by atoms with Gasteiger partial charge in [-0.3, -0.25) is 0 Å². The van der Waals surface area contributed by atoms with Gasteiger partial charge in [0.1, 0.15) is 0 Å². The number of halogens is 2. The van der Waals surface area contributed by atoms with Gasteiger partial charge in [-0.1, -0.05) is 6.07 Å². The van der Waals surface area contributed by atoms with Gasteiger partial charge in [-0.05, 0) is 24.1 Å². The van der Waals surface area contributed by atoms with E-state index in [0.29, 0.717) is 5.56 Å². The van der Waals surface area contributed by atoms with Crippen molar-refractivity contribution in [3.8, 4) is 0 Å². The summed E-state index contributed by atoms with van der Waals surface area (Å²) in [7, 11) is 0. The molecular weight excluding hydrogens is 176 g/mol. The van der Waals surface area contributed by atoms with Gasteiger partial charge in [-0.15, -0.1) is 0 Å². The molecule has 0 saturated heterocycles. The average molecular weight is 187 g/mol. The van der Waals surface area contributed by atoms with Crippen LogP contribution in [0.3, 0.4) is 0 Å². The number of hydrogen-bond acceptors (Lipinski definition) is 2. The summed E-state index contributed by atoms with van der Waals surface area (Å²) in [5.41, 5.74) is 5.65. The van der Waals surface area contributed by atoms with E-state index in [9.17, 15) is 13.9 Å². The summed E-state index contributed by atoms with van der Waals surface area (Å²) in [4.78, 5) is 0. The van der Waals surface area contributed by atoms with Crippen molar-refractivity contribution in [3.63, 3.8) is 0 Å². The topological polar surface area (TPSA) is 46.2 Å². The first kappa shape index (κ1) is 10.1. The van der Waals surface area contributed by atoms with Crippen molar-refractivity contribution >= 4 is 0 Å². The molecule has 3 N–H and O–H groups in total. The number of nitrogens with two attached hydrogens (primary N) is 1. The Morgan fingerprint density at radius 3 is 2.54 bits per heavy atom. The normalized spacial score (nSPS) is 13.0. The summed E-state index contributed by atoms with van der Waals surface area (Å²) in [5, 5.41) is 9.25. The van der Waals surface area contributed by atoms with Gasteiger partial charge in [0.25, 0.3) is 0 Å². The van der Waals surface area contributed by atoms with Crippen LogP contribution in [-0.4, -0.2) is 11.7 Å². The monoisotopic (exact) mass is 187 g/mol. The van der Waals surface area contributed by atoms with Crippen molar-refractivity contribution in [2.24, 2.45) is 5.73 Å². The summed E-state index contributed by atoms with van der Waals surface area (Å²) >= 11 is 0. The highest BCUT2D eigenvalue weighted by Crippen LogP contribution is 2.18. The van der Waals surface area contributed by atoms with E-state index >= 15 is 0 Å². The van der Waals surface area contributed by atoms with Crippen molar-refractivity contribution in [1.29, 1.82) is 0 Å². The largest absolute Gasteiger partial charge is 0.387 e. The predicted octanol–water partition coefficient (Wildman–Crippen LogP) is 1.27. The third-order valence-electron chi connectivity index (χ3n) is 1.84. The Morgan fingerprint density at radius 1 is 1.46 bits per heavy atom. The first-order valence-electron chi connectivity index (χ1n) is 3.90. The van der Waals surface area contributed by atoms with Crippen molar-refractivity contribution in [2.75, 3.05) is 6.54 Å². The molecular formula is C9H11F2NO. The lowest BCUT2D eigenvalue weighted by Crippen LogP contribution is -2.12. The molecule has 0 aliphatic heterocycles. The fraction of sp³-hybridized carbons (Fsp3) is 0.333. The minimum absolute atomic E-state index is 0.00941. The SMILES string of the molecule is Cc1cc(C(O)CN)cc(F)c1F. The fourth-order valence-electron chi connectivity index (χ4n) is 1.08. The van der Waals surface area contributed by atoms with Crippen LogP contribution >= 0.6 is 0 Å². The third-order valence-corrected chi connectivity index (χ3v) is 1.84. The van der Waals surface area contributed by atoms with Crippen LogP contribution in [0.1, 0.15) is 17.2 Å². The maximum atomic E-state index is 12.8. The highest BCUT2D eigenvalue weighted by Gasteiger charge is 2.11. The number of aryl methyl sites for hydroxylation is 1. The van der Waals surface area contributed by atoms with Crippen LogP contribution in [-0.2, 0) is 0 Å². The lowest BCUT2D eigenvalue weighted by Gasteiger charge is -2.09. The quantitative estimate of drug-likeness (QED) is 0.732. The minimum atomic E-state index is -0.956. The summed E-state index contributed by atoms with van der Waals surface area (Å²) in [5.74, 6) is -1.84. The maximum Gasteiger partial charge on any atom is 0.161 e. The molecule has 0 saturated carbocycles. The second-order valence-corrected chi connectivity index (χ2v) is 2.89. The molecule has 0 spiro atoms. The first-order valence-corrected chi connectivity index (χ1v) is 3.90. The summed E-state index contributed by atoms with van der Waals surface area (Å²) < 4.78 is 25.6. The molecule has 1 atom stereocenters. The molecule has 0 aliphatic carbocycles. The fourth-order valence-corrected chi connectivity index (χ4v) is 1.08. The molecule has 0 amide bonds. The highest BCUT2D eigenvalue weighted by atomic mass is 19.2. The van der Waals surface area contributed by atoms with Crippen LogP contribution < -0.4 is 5.73 Å². The van der Waals surface area contributed by atoms with Crippen LogP contribution in [0.15, 0.2) is 12.1 Å². The van der Waals surface area contributed by atoms with E-state index in [1.807, 2.05) is 0 Å². The van der Waals surface area contributed by atoms with Gasteiger partial charge in [0.15, 0.2) is 11.6 Å². The van der Waals surface area contributed by atoms with Crippen molar-refractivity contribution in [2.45, 2.75) is 13.0 Å². The van der Waals surface area contributed by atoms with Gasteiger partial charge in [-0.25, -0.2) is 8.78 Å². The molecule has 1 aromatic carbocycles. The van der Waals surface area contributed by atoms with E-state index in [-0.39, 0.29) is 12.1 Å². The third kappa shape index (κ3) is 2.02. The van der Waals surface area contributed by atoms with E-state index < -0.39 is 17.7 Å². The summed E-state index contributed by atoms with van der Waals surface area (Å²) in [6.45, 7) is 1.43. The number of benzene rings is 1. The number of aliphatic hydroxyl groups excluding tert-OH is 1. The van der Waals surface area contributed by atoms with Crippen molar-refractivity contribution in [3.05, 3.63) is 34.9 Å². The van der Waals surface area contributed by atoms with Crippen LogP contribution in [0.5, 0.6) is 0 Å². The van der Waals surface area contributed by atoms with Gasteiger partial charge in [-0.2, -0.15) is 0 Å². The summed E-state index contributed by atoms with van der Waals surface area (Å²) in [6, 6.07) is 2.34. The molecule has 0 aliphatic rings. The van der Waals surface area contributed by atoms with E-state index in [2.05, 4.69) is 0 Å². The van der Waals surface area contributed by atoms with Crippen LogP contribution in [0.2, 0.25) is 0 Å². The second kappa shape index (κ2) is 3.81. The van der Waals surface area contributed by atoms with E-state index in [1.54, 1.807) is 0 Å². The molecule has 1 aromatic rings. The number of rotatable bonds is 2. The van der Waals surface area contributed by atoms with Crippen molar-refractivity contribution in [1.82, 2.24) is 0 Å². The molecule has 4 heteroatoms. The van der Waals surface area contributed by atoms with E-state index in [1.165, 1.54) is 13.0 Å². The Kier molecular flexibility index (Phi) is 2.95. The summed E-state index contributed by atoms with van der Waals surface area (Å²) in [6.07, 6.45) is -0.936. The molecule has 0 radical (unpaired) electrons.